The Hall–Kier alpha value is -2.54. The van der Waals surface area contributed by atoms with Crippen LogP contribution in [0.5, 0.6) is 5.75 Å². The molecule has 0 aliphatic heterocycles. The van der Waals surface area contributed by atoms with Gasteiger partial charge in [-0.3, -0.25) is 9.10 Å². The highest BCUT2D eigenvalue weighted by Crippen LogP contribution is 2.23. The maximum atomic E-state index is 12.8. The van der Waals surface area contributed by atoms with Crippen LogP contribution in [0, 0.1) is 6.92 Å². The van der Waals surface area contributed by atoms with Crippen LogP contribution in [0.15, 0.2) is 48.5 Å². The Morgan fingerprint density at radius 3 is 2.45 bits per heavy atom. The van der Waals surface area contributed by atoms with E-state index < -0.39 is 16.1 Å². The number of methoxy groups -OCH3 is 1. The Bertz CT molecular complexity index is 911. The fourth-order valence-electron chi connectivity index (χ4n) is 3.20. The summed E-state index contributed by atoms with van der Waals surface area (Å²) < 4.78 is 31.3. The van der Waals surface area contributed by atoms with E-state index in [2.05, 4.69) is 5.32 Å². The zero-order valence-electron chi connectivity index (χ0n) is 17.5. The van der Waals surface area contributed by atoms with Crippen LogP contribution >= 0.6 is 0 Å². The lowest BCUT2D eigenvalue weighted by molar-refractivity contribution is -0.122. The minimum atomic E-state index is -3.61. The van der Waals surface area contributed by atoms with Crippen molar-refractivity contribution in [1.29, 1.82) is 0 Å². The minimum Gasteiger partial charge on any atom is -0.497 e. The molecule has 6 nitrogen and oxygen atoms in total. The normalized spacial score (nSPS) is 12.3. The van der Waals surface area contributed by atoms with E-state index in [4.69, 9.17) is 4.74 Å². The predicted molar refractivity (Wildman–Crippen MR) is 117 cm³/mol. The van der Waals surface area contributed by atoms with Crippen molar-refractivity contribution in [3.05, 3.63) is 59.7 Å². The smallest absolute Gasteiger partial charge is 0.243 e. The number of ether oxygens (including phenoxy) is 1. The van der Waals surface area contributed by atoms with Gasteiger partial charge in [-0.25, -0.2) is 8.42 Å². The number of hydrogen-bond donors (Lipinski definition) is 1. The monoisotopic (exact) mass is 418 g/mol. The molecule has 0 aromatic heterocycles. The first kappa shape index (κ1) is 22.7. The SMILES string of the molecule is CC[C@H](C(=O)NCCCc1cccc(OC)c1)N(c1ccc(C)cc1)S(C)(=O)=O. The summed E-state index contributed by atoms with van der Waals surface area (Å²) in [5, 5.41) is 2.89. The molecule has 1 N–H and O–H groups in total. The second-order valence-corrected chi connectivity index (χ2v) is 8.92. The lowest BCUT2D eigenvalue weighted by Gasteiger charge is -2.30. The van der Waals surface area contributed by atoms with Crippen molar-refractivity contribution in [2.75, 3.05) is 24.2 Å². The van der Waals surface area contributed by atoms with Gasteiger partial charge in [0.05, 0.1) is 19.1 Å². The average molecular weight is 419 g/mol. The standard InChI is InChI=1S/C22H30N2O4S/c1-5-21(24(29(4,26)27)19-13-11-17(2)12-14-19)22(25)23-15-7-9-18-8-6-10-20(16-18)28-3/h6,8,10-14,16,21H,5,7,9,15H2,1-4H3,(H,23,25)/t21-/m1/s1. The van der Waals surface area contributed by atoms with Gasteiger partial charge in [0.2, 0.25) is 15.9 Å². The van der Waals surface area contributed by atoms with Crippen molar-refractivity contribution < 1.29 is 17.9 Å². The van der Waals surface area contributed by atoms with Gasteiger partial charge in [0, 0.05) is 6.54 Å². The summed E-state index contributed by atoms with van der Waals surface area (Å²) in [5.41, 5.74) is 2.65. The maximum Gasteiger partial charge on any atom is 0.243 e. The molecule has 0 unspecified atom stereocenters. The van der Waals surface area contributed by atoms with Crippen LogP contribution in [0.25, 0.3) is 0 Å². The molecule has 0 aliphatic rings. The van der Waals surface area contributed by atoms with E-state index >= 15 is 0 Å². The van der Waals surface area contributed by atoms with Crippen molar-refractivity contribution in [3.63, 3.8) is 0 Å². The van der Waals surface area contributed by atoms with Crippen LogP contribution in [-0.2, 0) is 21.2 Å². The van der Waals surface area contributed by atoms with Gasteiger partial charge in [-0.15, -0.1) is 0 Å². The van der Waals surface area contributed by atoms with Crippen LogP contribution in [0.3, 0.4) is 0 Å². The molecule has 2 aromatic rings. The van der Waals surface area contributed by atoms with Crippen LogP contribution in [0.1, 0.15) is 30.9 Å². The Kier molecular flexibility index (Phi) is 8.08. The Morgan fingerprint density at radius 2 is 1.86 bits per heavy atom. The first-order valence-corrected chi connectivity index (χ1v) is 11.6. The molecule has 0 saturated heterocycles. The van der Waals surface area contributed by atoms with Gasteiger partial charge in [0.25, 0.3) is 0 Å². The van der Waals surface area contributed by atoms with E-state index in [0.29, 0.717) is 18.7 Å². The predicted octanol–water partition coefficient (Wildman–Crippen LogP) is 3.30. The molecular formula is C22H30N2O4S. The molecule has 0 fully saturated rings. The Morgan fingerprint density at radius 1 is 1.17 bits per heavy atom. The summed E-state index contributed by atoms with van der Waals surface area (Å²) in [4.78, 5) is 12.8. The van der Waals surface area contributed by atoms with Gasteiger partial charge >= 0.3 is 0 Å². The van der Waals surface area contributed by atoms with Gasteiger partial charge in [0.1, 0.15) is 11.8 Å². The number of nitrogens with zero attached hydrogens (tertiary/aromatic N) is 1. The molecule has 1 amide bonds. The Balaban J connectivity index is 2.02. The van der Waals surface area contributed by atoms with Gasteiger partial charge in [-0.2, -0.15) is 0 Å². The lowest BCUT2D eigenvalue weighted by Crippen LogP contribution is -2.49. The number of sulfonamides is 1. The van der Waals surface area contributed by atoms with Crippen molar-refractivity contribution in [1.82, 2.24) is 5.32 Å². The molecular weight excluding hydrogens is 388 g/mol. The van der Waals surface area contributed by atoms with Crippen molar-refractivity contribution in [2.24, 2.45) is 0 Å². The fraction of sp³-hybridized carbons (Fsp3) is 0.409. The average Bonchev–Trinajstić information content (AvgIpc) is 2.69. The molecule has 29 heavy (non-hydrogen) atoms. The van der Waals surface area contributed by atoms with E-state index in [1.807, 2.05) is 50.2 Å². The number of rotatable bonds is 10. The van der Waals surface area contributed by atoms with E-state index in [0.717, 1.165) is 36.0 Å². The molecule has 0 aliphatic carbocycles. The second-order valence-electron chi connectivity index (χ2n) is 7.06. The van der Waals surface area contributed by atoms with Crippen molar-refractivity contribution in [2.45, 2.75) is 39.2 Å². The lowest BCUT2D eigenvalue weighted by atomic mass is 10.1. The third-order valence-electron chi connectivity index (χ3n) is 4.69. The van der Waals surface area contributed by atoms with E-state index in [1.165, 1.54) is 4.31 Å². The number of amides is 1. The minimum absolute atomic E-state index is 0.288. The zero-order chi connectivity index (χ0) is 21.4. The summed E-state index contributed by atoms with van der Waals surface area (Å²) >= 11 is 0. The molecule has 0 spiro atoms. The van der Waals surface area contributed by atoms with Crippen LogP contribution < -0.4 is 14.4 Å². The number of hydrogen-bond acceptors (Lipinski definition) is 4. The summed E-state index contributed by atoms with van der Waals surface area (Å²) in [6.07, 6.45) is 3.05. The summed E-state index contributed by atoms with van der Waals surface area (Å²) in [7, 11) is -1.98. The van der Waals surface area contributed by atoms with Crippen molar-refractivity contribution in [3.8, 4) is 5.75 Å². The number of benzene rings is 2. The number of anilines is 1. The summed E-state index contributed by atoms with van der Waals surface area (Å²) in [6, 6.07) is 14.2. The van der Waals surface area contributed by atoms with Gasteiger partial charge < -0.3 is 10.1 Å². The van der Waals surface area contributed by atoms with Gasteiger partial charge in [0.15, 0.2) is 0 Å². The van der Waals surface area contributed by atoms with Crippen molar-refractivity contribution >= 4 is 21.6 Å². The summed E-state index contributed by atoms with van der Waals surface area (Å²) in [5.74, 6) is 0.517. The molecule has 0 saturated carbocycles. The largest absolute Gasteiger partial charge is 0.497 e. The number of aryl methyl sites for hydroxylation is 2. The molecule has 7 heteroatoms. The first-order chi connectivity index (χ1) is 13.8. The molecule has 0 radical (unpaired) electrons. The van der Waals surface area contributed by atoms with Crippen LogP contribution in [0.2, 0.25) is 0 Å². The van der Waals surface area contributed by atoms with Crippen LogP contribution in [0.4, 0.5) is 5.69 Å². The van der Waals surface area contributed by atoms with E-state index in [9.17, 15) is 13.2 Å². The zero-order valence-corrected chi connectivity index (χ0v) is 18.3. The highest BCUT2D eigenvalue weighted by atomic mass is 32.2. The second kappa shape index (κ2) is 10.3. The molecule has 1 atom stereocenters. The quantitative estimate of drug-likeness (QED) is 0.601. The third-order valence-corrected chi connectivity index (χ3v) is 5.87. The molecule has 2 rings (SSSR count). The fourth-order valence-corrected chi connectivity index (χ4v) is 4.41. The van der Waals surface area contributed by atoms with Gasteiger partial charge in [-0.1, -0.05) is 36.8 Å². The van der Waals surface area contributed by atoms with E-state index in [-0.39, 0.29) is 5.91 Å². The Labute approximate surface area is 173 Å². The number of carbonyl (C=O) groups is 1. The topological polar surface area (TPSA) is 75.7 Å². The highest BCUT2D eigenvalue weighted by Gasteiger charge is 2.31. The number of carbonyl (C=O) groups excluding carboxylic acids is 1. The molecule has 158 valence electrons. The third kappa shape index (κ3) is 6.49. The first-order valence-electron chi connectivity index (χ1n) is 9.73. The summed E-state index contributed by atoms with van der Waals surface area (Å²) in [6.45, 7) is 4.21. The highest BCUT2D eigenvalue weighted by molar-refractivity contribution is 7.92. The molecule has 0 heterocycles. The van der Waals surface area contributed by atoms with E-state index in [1.54, 1.807) is 19.2 Å². The number of nitrogens with one attached hydrogen (secondary N) is 1. The molecule has 2 aromatic carbocycles. The molecule has 0 bridgehead atoms. The maximum absolute atomic E-state index is 12.8. The van der Waals surface area contributed by atoms with Crippen LogP contribution in [-0.4, -0.2) is 40.3 Å². The van der Waals surface area contributed by atoms with Gasteiger partial charge in [-0.05, 0) is 56.0 Å².